The van der Waals surface area contributed by atoms with Crippen molar-refractivity contribution in [1.29, 1.82) is 0 Å². The number of halogens is 1. The zero-order chi connectivity index (χ0) is 19.0. The zero-order valence-electron chi connectivity index (χ0n) is 15.7. The highest BCUT2D eigenvalue weighted by molar-refractivity contribution is 9.10. The lowest BCUT2D eigenvalue weighted by Crippen LogP contribution is -2.62. The molecule has 0 radical (unpaired) electrons. The molecule has 0 bridgehead atoms. The Labute approximate surface area is 158 Å². The Morgan fingerprint density at radius 2 is 2.00 bits per heavy atom. The molecule has 2 rings (SSSR count). The smallest absolute Gasteiger partial charge is 0.435 e. The van der Waals surface area contributed by atoms with E-state index in [2.05, 4.69) is 15.9 Å². The fourth-order valence-corrected chi connectivity index (χ4v) is 4.26. The summed E-state index contributed by atoms with van der Waals surface area (Å²) in [6.07, 6.45) is 0.0493. The highest BCUT2D eigenvalue weighted by Gasteiger charge is 2.53. The first kappa shape index (κ1) is 19.9. The molecule has 0 spiro atoms. The maximum Gasteiger partial charge on any atom is 0.513 e. The van der Waals surface area contributed by atoms with E-state index in [4.69, 9.17) is 0 Å². The van der Waals surface area contributed by atoms with Crippen molar-refractivity contribution in [1.82, 2.24) is 4.90 Å². The molecule has 1 N–H and O–H groups in total. The van der Waals surface area contributed by atoms with E-state index in [0.29, 0.717) is 25.2 Å². The van der Waals surface area contributed by atoms with Gasteiger partial charge in [0.2, 0.25) is 0 Å². The van der Waals surface area contributed by atoms with Gasteiger partial charge in [-0.2, -0.15) is 4.79 Å². The van der Waals surface area contributed by atoms with Crippen molar-refractivity contribution in [3.63, 3.8) is 0 Å². The van der Waals surface area contributed by atoms with Crippen molar-refractivity contribution in [3.8, 4) is 0 Å². The molecule has 0 aromatic heterocycles. The first-order valence-electron chi connectivity index (χ1n) is 8.60. The molecular weight excluding hydrogens is 384 g/mol. The lowest BCUT2D eigenvalue weighted by atomic mass is 10.0. The maximum absolute atomic E-state index is 12.7. The normalized spacial score (nSPS) is 23.5. The summed E-state index contributed by atoms with van der Waals surface area (Å²) in [7, 11) is 1.80. The monoisotopic (exact) mass is 411 g/mol. The van der Waals surface area contributed by atoms with Crippen molar-refractivity contribution in [3.05, 3.63) is 33.8 Å². The Balaban J connectivity index is 2.10. The van der Waals surface area contributed by atoms with Crippen LogP contribution >= 0.6 is 15.9 Å². The molecule has 6 heteroatoms. The van der Waals surface area contributed by atoms with Gasteiger partial charge in [-0.1, -0.05) is 15.9 Å². The summed E-state index contributed by atoms with van der Waals surface area (Å²) >= 11 is 3.42. The molecule has 1 unspecified atom stereocenters. The third kappa shape index (κ3) is 3.90. The van der Waals surface area contributed by atoms with Crippen LogP contribution in [0.15, 0.2) is 22.7 Å². The lowest BCUT2D eigenvalue weighted by molar-refractivity contribution is -0.893. The Morgan fingerprint density at radius 3 is 2.48 bits per heavy atom. The number of nitrogens with zero attached hydrogens (tertiary/aromatic N) is 2. The van der Waals surface area contributed by atoms with Gasteiger partial charge in [0.25, 0.3) is 5.91 Å². The molecule has 25 heavy (non-hydrogen) atoms. The van der Waals surface area contributed by atoms with Crippen molar-refractivity contribution in [2.24, 2.45) is 5.92 Å². The van der Waals surface area contributed by atoms with E-state index >= 15 is 0 Å². The molecule has 1 fully saturated rings. The number of amides is 2. The molecule has 5 nitrogen and oxygen atoms in total. The van der Waals surface area contributed by atoms with Gasteiger partial charge in [-0.25, -0.2) is 4.48 Å². The molecule has 138 valence electrons. The lowest BCUT2D eigenvalue weighted by Gasteiger charge is -2.40. The van der Waals surface area contributed by atoms with Crippen molar-refractivity contribution < 1.29 is 19.2 Å². The van der Waals surface area contributed by atoms with Crippen LogP contribution in [0.4, 0.5) is 4.79 Å². The largest absolute Gasteiger partial charge is 0.513 e. The summed E-state index contributed by atoms with van der Waals surface area (Å²) in [6, 6.07) is 5.64. The molecule has 1 aliphatic rings. The van der Waals surface area contributed by atoms with Crippen LogP contribution in [0.2, 0.25) is 0 Å². The van der Waals surface area contributed by atoms with Gasteiger partial charge in [0.1, 0.15) is 5.54 Å². The third-order valence-corrected chi connectivity index (χ3v) is 5.93. The number of carbonyl (C=O) groups is 2. The zero-order valence-corrected chi connectivity index (χ0v) is 17.3. The molecule has 1 saturated heterocycles. The summed E-state index contributed by atoms with van der Waals surface area (Å²) in [5.41, 5.74) is 1.27. The van der Waals surface area contributed by atoms with Crippen LogP contribution in [0, 0.1) is 12.8 Å². The molecule has 0 aliphatic carbocycles. The second-order valence-corrected chi connectivity index (χ2v) is 9.04. The molecule has 1 aromatic rings. The molecule has 2 atom stereocenters. The quantitative estimate of drug-likeness (QED) is 0.760. The van der Waals surface area contributed by atoms with Gasteiger partial charge >= 0.3 is 6.09 Å². The van der Waals surface area contributed by atoms with Crippen LogP contribution in [0.25, 0.3) is 0 Å². The summed E-state index contributed by atoms with van der Waals surface area (Å²) in [5, 5.41) is 9.79. The van der Waals surface area contributed by atoms with E-state index in [1.807, 2.05) is 45.9 Å². The standard InChI is InChI=1S/C19H27BrN2O3/c1-13-10-15(20)6-7-16(13)17(23)21(5)11-14-8-9-22(12-14,18(24)25)19(2,3)4/h6-7,10,14H,8-9,11-12H2,1-5H3/p+1/t14-,22?/m0/s1. The van der Waals surface area contributed by atoms with E-state index in [-0.39, 0.29) is 21.8 Å². The molecule has 1 aliphatic heterocycles. The number of carboxylic acid groups (broad SMARTS) is 1. The number of hydrogen-bond acceptors (Lipinski definition) is 2. The van der Waals surface area contributed by atoms with E-state index < -0.39 is 6.09 Å². The summed E-state index contributed by atoms with van der Waals surface area (Å²) in [6.45, 7) is 9.61. The minimum absolute atomic E-state index is 0.0129. The van der Waals surface area contributed by atoms with Crippen LogP contribution in [0.3, 0.4) is 0 Å². The van der Waals surface area contributed by atoms with Crippen LogP contribution in [-0.4, -0.2) is 58.7 Å². The highest BCUT2D eigenvalue weighted by Crippen LogP contribution is 2.35. The number of aryl methyl sites for hydroxylation is 1. The first-order chi connectivity index (χ1) is 11.5. The SMILES string of the molecule is Cc1cc(Br)ccc1C(=O)N(C)C[C@@H]1CC[N+](C(=O)O)(C(C)(C)C)C1. The first-order valence-corrected chi connectivity index (χ1v) is 9.39. The van der Waals surface area contributed by atoms with E-state index in [1.165, 1.54) is 0 Å². The Morgan fingerprint density at radius 1 is 1.36 bits per heavy atom. The minimum atomic E-state index is -0.771. The van der Waals surface area contributed by atoms with E-state index in [0.717, 1.165) is 16.5 Å². The fraction of sp³-hybridized carbons (Fsp3) is 0.579. The molecule has 0 saturated carbocycles. The van der Waals surface area contributed by atoms with Crippen LogP contribution < -0.4 is 0 Å². The van der Waals surface area contributed by atoms with Gasteiger partial charge in [-0.3, -0.25) is 4.79 Å². The molecule has 1 aromatic carbocycles. The maximum atomic E-state index is 12.7. The van der Waals surface area contributed by atoms with E-state index in [1.54, 1.807) is 11.9 Å². The van der Waals surface area contributed by atoms with Crippen molar-refractivity contribution in [2.45, 2.75) is 39.7 Å². The number of benzene rings is 1. The van der Waals surface area contributed by atoms with Crippen LogP contribution in [0.1, 0.15) is 43.1 Å². The number of carbonyl (C=O) groups excluding carboxylic acids is 1. The molecule has 1 heterocycles. The van der Waals surface area contributed by atoms with Gasteiger partial charge in [0.05, 0.1) is 13.1 Å². The van der Waals surface area contributed by atoms with Gasteiger partial charge in [0.15, 0.2) is 0 Å². The average Bonchev–Trinajstić information content (AvgIpc) is 2.91. The van der Waals surface area contributed by atoms with Crippen molar-refractivity contribution >= 4 is 27.9 Å². The van der Waals surface area contributed by atoms with Gasteiger partial charge in [0, 0.05) is 36.0 Å². The Bertz CT molecular complexity index is 684. The average molecular weight is 412 g/mol. The number of quaternary nitrogens is 1. The van der Waals surface area contributed by atoms with Crippen molar-refractivity contribution in [2.75, 3.05) is 26.7 Å². The Hall–Kier alpha value is -1.40. The summed E-state index contributed by atoms with van der Waals surface area (Å²) in [5.74, 6) is 0.182. The number of hydrogen-bond donors (Lipinski definition) is 1. The van der Waals surface area contributed by atoms with Gasteiger partial charge < -0.3 is 10.0 Å². The number of likely N-dealkylation sites (tertiary alicyclic amines) is 1. The van der Waals surface area contributed by atoms with Crippen LogP contribution in [0.5, 0.6) is 0 Å². The topological polar surface area (TPSA) is 57.6 Å². The van der Waals surface area contributed by atoms with Crippen LogP contribution in [-0.2, 0) is 0 Å². The van der Waals surface area contributed by atoms with Gasteiger partial charge in [-0.05, 0) is 51.5 Å². The number of rotatable bonds is 3. The Kier molecular flexibility index (Phi) is 5.64. The summed E-state index contributed by atoms with van der Waals surface area (Å²) < 4.78 is 1.02. The fourth-order valence-electron chi connectivity index (χ4n) is 3.79. The molecular formula is C19H28BrN2O3+. The summed E-state index contributed by atoms with van der Waals surface area (Å²) in [4.78, 5) is 26.4. The molecule has 2 amide bonds. The minimum Gasteiger partial charge on any atom is -0.435 e. The predicted molar refractivity (Wildman–Crippen MR) is 102 cm³/mol. The van der Waals surface area contributed by atoms with Gasteiger partial charge in [-0.15, -0.1) is 0 Å². The second kappa shape index (κ2) is 7.08. The third-order valence-electron chi connectivity index (χ3n) is 5.44. The van der Waals surface area contributed by atoms with E-state index in [9.17, 15) is 14.7 Å². The highest BCUT2D eigenvalue weighted by atomic mass is 79.9. The predicted octanol–water partition coefficient (Wildman–Crippen LogP) is 4.14. The second-order valence-electron chi connectivity index (χ2n) is 8.13.